The van der Waals surface area contributed by atoms with E-state index >= 15 is 0 Å². The van der Waals surface area contributed by atoms with Gasteiger partial charge in [-0.15, -0.1) is 11.3 Å². The molecule has 1 atom stereocenters. The van der Waals surface area contributed by atoms with Crippen LogP contribution in [0.5, 0.6) is 0 Å². The van der Waals surface area contributed by atoms with Gasteiger partial charge in [-0.2, -0.15) is 0 Å². The quantitative estimate of drug-likeness (QED) is 0.780. The molecule has 0 spiro atoms. The number of carbonyl (C=O) groups is 2. The summed E-state index contributed by atoms with van der Waals surface area (Å²) >= 11 is 1.12. The molecule has 0 aliphatic carbocycles. The number of nitrogens with zero attached hydrogens (tertiary/aromatic N) is 1. The lowest BCUT2D eigenvalue weighted by Crippen LogP contribution is -2.33. The maximum absolute atomic E-state index is 11.9. The van der Waals surface area contributed by atoms with Crippen LogP contribution in [-0.2, 0) is 4.79 Å². The summed E-state index contributed by atoms with van der Waals surface area (Å²) in [4.78, 5) is 26.9. The van der Waals surface area contributed by atoms with Crippen molar-refractivity contribution in [2.75, 3.05) is 5.73 Å². The summed E-state index contributed by atoms with van der Waals surface area (Å²) in [6, 6.07) is 7.33. The van der Waals surface area contributed by atoms with Crippen molar-refractivity contribution >= 4 is 28.3 Å². The number of aromatic nitrogens is 1. The Morgan fingerprint density at radius 3 is 2.53 bits per heavy atom. The molecular weight excluding hydrogens is 266 g/mol. The first-order valence-electron chi connectivity index (χ1n) is 5.37. The van der Waals surface area contributed by atoms with E-state index in [0.717, 1.165) is 11.3 Å². The molecular formula is C12H11N3O3S. The van der Waals surface area contributed by atoms with E-state index in [-0.39, 0.29) is 10.8 Å². The van der Waals surface area contributed by atoms with E-state index in [1.54, 1.807) is 30.3 Å². The van der Waals surface area contributed by atoms with E-state index in [1.807, 2.05) is 0 Å². The summed E-state index contributed by atoms with van der Waals surface area (Å²) in [6.45, 7) is 0. The molecule has 0 fully saturated rings. The summed E-state index contributed by atoms with van der Waals surface area (Å²) in [6.07, 6.45) is 0. The number of carboxylic acids is 1. The first kappa shape index (κ1) is 13.0. The topological polar surface area (TPSA) is 105 Å². The third-order valence-electron chi connectivity index (χ3n) is 2.41. The van der Waals surface area contributed by atoms with Gasteiger partial charge in [0.15, 0.2) is 11.2 Å². The van der Waals surface area contributed by atoms with Crippen LogP contribution in [0.1, 0.15) is 22.1 Å². The molecule has 2 aromatic rings. The fourth-order valence-corrected chi connectivity index (χ4v) is 2.07. The zero-order chi connectivity index (χ0) is 13.8. The fraction of sp³-hybridized carbons (Fsp3) is 0.0833. The van der Waals surface area contributed by atoms with Crippen molar-refractivity contribution in [3.63, 3.8) is 0 Å². The number of nitrogen functional groups attached to an aromatic ring is 1. The van der Waals surface area contributed by atoms with E-state index in [4.69, 9.17) is 5.73 Å². The number of rotatable bonds is 4. The Balaban J connectivity index is 2.18. The van der Waals surface area contributed by atoms with Gasteiger partial charge >= 0.3 is 5.97 Å². The molecule has 0 bridgehead atoms. The van der Waals surface area contributed by atoms with Crippen LogP contribution in [-0.4, -0.2) is 22.0 Å². The van der Waals surface area contributed by atoms with Gasteiger partial charge in [0.2, 0.25) is 0 Å². The third-order valence-corrected chi connectivity index (χ3v) is 3.08. The van der Waals surface area contributed by atoms with Crippen LogP contribution < -0.4 is 11.1 Å². The number of amides is 1. The minimum Gasteiger partial charge on any atom is -0.479 e. The van der Waals surface area contributed by atoms with E-state index < -0.39 is 17.9 Å². The lowest BCUT2D eigenvalue weighted by Gasteiger charge is -2.13. The van der Waals surface area contributed by atoms with Crippen LogP contribution in [0.15, 0.2) is 35.7 Å². The van der Waals surface area contributed by atoms with Crippen LogP contribution in [0.25, 0.3) is 0 Å². The second-order valence-electron chi connectivity index (χ2n) is 3.73. The standard InChI is InChI=1S/C12H11N3O3S/c13-12-14-8(6-19-12)10(16)15-9(11(17)18)7-4-2-1-3-5-7/h1-6,9H,(H2,13,14)(H,15,16)(H,17,18). The molecule has 4 N–H and O–H groups in total. The molecule has 0 radical (unpaired) electrons. The Kier molecular flexibility index (Phi) is 3.76. The highest BCUT2D eigenvalue weighted by atomic mass is 32.1. The zero-order valence-corrected chi connectivity index (χ0v) is 10.6. The number of carboxylic acid groups (broad SMARTS) is 1. The average molecular weight is 277 g/mol. The maximum atomic E-state index is 11.9. The van der Waals surface area contributed by atoms with Crippen LogP contribution in [0.4, 0.5) is 5.13 Å². The largest absolute Gasteiger partial charge is 0.479 e. The third kappa shape index (κ3) is 3.08. The second-order valence-corrected chi connectivity index (χ2v) is 4.62. The van der Waals surface area contributed by atoms with Crippen molar-refractivity contribution in [2.24, 2.45) is 0 Å². The van der Waals surface area contributed by atoms with Gasteiger partial charge in [-0.25, -0.2) is 9.78 Å². The molecule has 1 heterocycles. The molecule has 1 aromatic carbocycles. The van der Waals surface area contributed by atoms with Gasteiger partial charge in [0.25, 0.3) is 5.91 Å². The lowest BCUT2D eigenvalue weighted by molar-refractivity contribution is -0.139. The predicted molar refractivity (Wildman–Crippen MR) is 70.8 cm³/mol. The van der Waals surface area contributed by atoms with Crippen molar-refractivity contribution in [3.05, 3.63) is 47.0 Å². The molecule has 98 valence electrons. The number of hydrogen-bond donors (Lipinski definition) is 3. The van der Waals surface area contributed by atoms with Crippen molar-refractivity contribution < 1.29 is 14.7 Å². The molecule has 0 aliphatic rings. The number of hydrogen-bond acceptors (Lipinski definition) is 5. The van der Waals surface area contributed by atoms with Crippen molar-refractivity contribution in [2.45, 2.75) is 6.04 Å². The van der Waals surface area contributed by atoms with Crippen molar-refractivity contribution in [1.29, 1.82) is 0 Å². The molecule has 0 aliphatic heterocycles. The summed E-state index contributed by atoms with van der Waals surface area (Å²) in [5.41, 5.74) is 6.04. The van der Waals surface area contributed by atoms with Gasteiger partial charge in [-0.3, -0.25) is 4.79 Å². The van der Waals surface area contributed by atoms with Crippen molar-refractivity contribution in [3.8, 4) is 0 Å². The zero-order valence-electron chi connectivity index (χ0n) is 9.74. The highest BCUT2D eigenvalue weighted by Gasteiger charge is 2.23. The number of anilines is 1. The fourth-order valence-electron chi connectivity index (χ4n) is 1.53. The van der Waals surface area contributed by atoms with E-state index in [2.05, 4.69) is 10.3 Å². The Morgan fingerprint density at radius 2 is 2.00 bits per heavy atom. The predicted octanol–water partition coefficient (Wildman–Crippen LogP) is 1.28. The Bertz CT molecular complexity index is 597. The number of carbonyl (C=O) groups excluding carboxylic acids is 1. The van der Waals surface area contributed by atoms with E-state index in [9.17, 15) is 14.7 Å². The van der Waals surface area contributed by atoms with Gasteiger partial charge in [-0.05, 0) is 5.56 Å². The number of nitrogens with one attached hydrogen (secondary N) is 1. The molecule has 7 heteroatoms. The normalized spacial score (nSPS) is 11.8. The van der Waals surface area contributed by atoms with Crippen molar-refractivity contribution in [1.82, 2.24) is 10.3 Å². The van der Waals surface area contributed by atoms with Gasteiger partial charge < -0.3 is 16.2 Å². The molecule has 0 saturated carbocycles. The highest BCUT2D eigenvalue weighted by molar-refractivity contribution is 7.13. The summed E-state index contributed by atoms with van der Waals surface area (Å²) in [5, 5.41) is 13.3. The highest BCUT2D eigenvalue weighted by Crippen LogP contribution is 2.15. The number of benzene rings is 1. The molecule has 1 aromatic heterocycles. The van der Waals surface area contributed by atoms with Gasteiger partial charge in [0.1, 0.15) is 5.69 Å². The van der Waals surface area contributed by atoms with Crippen LogP contribution in [0.3, 0.4) is 0 Å². The number of nitrogens with two attached hydrogens (primary N) is 1. The van der Waals surface area contributed by atoms with Gasteiger partial charge in [-0.1, -0.05) is 30.3 Å². The molecule has 0 saturated heterocycles. The van der Waals surface area contributed by atoms with E-state index in [0.29, 0.717) is 5.56 Å². The minimum absolute atomic E-state index is 0.115. The molecule has 19 heavy (non-hydrogen) atoms. The lowest BCUT2D eigenvalue weighted by atomic mass is 10.1. The first-order valence-corrected chi connectivity index (χ1v) is 6.25. The molecule has 1 amide bonds. The Labute approximate surface area is 112 Å². The smallest absolute Gasteiger partial charge is 0.330 e. The Hall–Kier alpha value is -2.41. The Morgan fingerprint density at radius 1 is 1.32 bits per heavy atom. The summed E-state index contributed by atoms with van der Waals surface area (Å²) in [5.74, 6) is -1.70. The summed E-state index contributed by atoms with van der Waals surface area (Å²) in [7, 11) is 0. The van der Waals surface area contributed by atoms with E-state index in [1.165, 1.54) is 5.38 Å². The number of aliphatic carboxylic acids is 1. The number of thiazole rings is 1. The first-order chi connectivity index (χ1) is 9.08. The SMILES string of the molecule is Nc1nc(C(=O)NC(C(=O)O)c2ccccc2)cs1. The summed E-state index contributed by atoms with van der Waals surface area (Å²) < 4.78 is 0. The second kappa shape index (κ2) is 5.49. The minimum atomic E-state index is -1.14. The maximum Gasteiger partial charge on any atom is 0.330 e. The van der Waals surface area contributed by atoms with Crippen LogP contribution >= 0.6 is 11.3 Å². The van der Waals surface area contributed by atoms with Crippen LogP contribution in [0.2, 0.25) is 0 Å². The molecule has 6 nitrogen and oxygen atoms in total. The van der Waals surface area contributed by atoms with Crippen LogP contribution in [0, 0.1) is 0 Å². The molecule has 1 unspecified atom stereocenters. The monoisotopic (exact) mass is 277 g/mol. The van der Waals surface area contributed by atoms with Gasteiger partial charge in [0.05, 0.1) is 0 Å². The molecule has 2 rings (SSSR count). The average Bonchev–Trinajstić information content (AvgIpc) is 2.83. The van der Waals surface area contributed by atoms with Gasteiger partial charge in [0, 0.05) is 5.38 Å².